The summed E-state index contributed by atoms with van der Waals surface area (Å²) in [4.78, 5) is 20.8. The van der Waals surface area contributed by atoms with Gasteiger partial charge in [0.25, 0.3) is 0 Å². The van der Waals surface area contributed by atoms with E-state index in [4.69, 9.17) is 9.47 Å². The van der Waals surface area contributed by atoms with Crippen molar-refractivity contribution in [3.63, 3.8) is 0 Å². The average Bonchev–Trinajstić information content (AvgIpc) is 3.56. The average molecular weight is 469 g/mol. The van der Waals surface area contributed by atoms with E-state index in [0.29, 0.717) is 28.8 Å². The van der Waals surface area contributed by atoms with Crippen LogP contribution in [0.1, 0.15) is 25.6 Å². The number of aryl methyl sites for hydroxylation is 1. The zero-order valence-electron chi connectivity index (χ0n) is 18.8. The highest BCUT2D eigenvalue weighted by molar-refractivity contribution is 5.68. The number of rotatable bonds is 6. The number of ether oxygens (including phenoxy) is 2. The van der Waals surface area contributed by atoms with Gasteiger partial charge in [0.05, 0.1) is 24.2 Å². The number of anilines is 2. The number of halogens is 1. The Bertz CT molecular complexity index is 1310. The summed E-state index contributed by atoms with van der Waals surface area (Å²) in [6.45, 7) is 3.53. The molecule has 1 aliphatic rings. The van der Waals surface area contributed by atoms with Gasteiger partial charge in [0.1, 0.15) is 11.8 Å². The van der Waals surface area contributed by atoms with Gasteiger partial charge < -0.3 is 20.1 Å². The minimum atomic E-state index is -1.54. The first kappa shape index (κ1) is 21.8. The number of imidazole rings is 1. The van der Waals surface area contributed by atoms with E-state index in [9.17, 15) is 9.18 Å². The second kappa shape index (κ2) is 8.74. The number of alkyl carbamates (subject to hydrolysis) is 1. The van der Waals surface area contributed by atoms with E-state index in [1.807, 2.05) is 19.3 Å². The fraction of sp³-hybridized carbons (Fsp3) is 0.381. The Morgan fingerprint density at radius 3 is 3.00 bits per heavy atom. The molecule has 178 valence electrons. The Morgan fingerprint density at radius 2 is 2.24 bits per heavy atom. The fourth-order valence-electron chi connectivity index (χ4n) is 3.72. The van der Waals surface area contributed by atoms with E-state index in [1.165, 1.54) is 0 Å². The van der Waals surface area contributed by atoms with Crippen LogP contribution < -0.4 is 10.6 Å². The highest BCUT2D eigenvalue weighted by Gasteiger charge is 2.42. The second-order valence-corrected chi connectivity index (χ2v) is 8.30. The number of hydrogen-bond acceptors (Lipinski definition) is 8. The maximum Gasteiger partial charge on any atom is 0.407 e. The molecule has 0 saturated carbocycles. The molecule has 1 aliphatic heterocycles. The number of alkyl halides is 1. The molecule has 5 rings (SSSR count). The number of fused-ring (bicyclic) bond motifs is 1. The number of nitrogens with zero attached hydrogens (tertiary/aromatic N) is 6. The third kappa shape index (κ3) is 4.29. The van der Waals surface area contributed by atoms with Crippen LogP contribution in [0.3, 0.4) is 0 Å². The summed E-state index contributed by atoms with van der Waals surface area (Å²) in [7, 11) is 1.83. The number of amides is 1. The molecule has 4 aromatic rings. The Labute approximate surface area is 193 Å². The van der Waals surface area contributed by atoms with Gasteiger partial charge in [-0.1, -0.05) is 0 Å². The quantitative estimate of drug-likeness (QED) is 0.392. The summed E-state index contributed by atoms with van der Waals surface area (Å²) in [6, 6.07) is 3.38. The van der Waals surface area contributed by atoms with Crippen LogP contribution in [0.4, 0.5) is 21.0 Å². The molecule has 34 heavy (non-hydrogen) atoms. The molecule has 0 aromatic carbocycles. The van der Waals surface area contributed by atoms with Gasteiger partial charge in [-0.2, -0.15) is 10.2 Å². The van der Waals surface area contributed by atoms with Gasteiger partial charge in [-0.05, 0) is 13.8 Å². The third-order valence-corrected chi connectivity index (χ3v) is 5.28. The van der Waals surface area contributed by atoms with E-state index in [-0.39, 0.29) is 12.6 Å². The maximum absolute atomic E-state index is 15.0. The molecule has 12 nitrogen and oxygen atoms in total. The predicted molar refractivity (Wildman–Crippen MR) is 119 cm³/mol. The number of carbonyl (C=O) groups excluding carboxylic acids is 1. The topological polar surface area (TPSA) is 136 Å². The lowest BCUT2D eigenvalue weighted by Gasteiger charge is -2.16. The molecule has 0 radical (unpaired) electrons. The van der Waals surface area contributed by atoms with Crippen LogP contribution in [0, 0.1) is 0 Å². The summed E-state index contributed by atoms with van der Waals surface area (Å²) in [6.07, 6.45) is 2.85. The molecule has 5 heterocycles. The third-order valence-electron chi connectivity index (χ3n) is 5.28. The predicted octanol–water partition coefficient (Wildman–Crippen LogP) is 2.51. The molecule has 0 unspecified atom stereocenters. The highest BCUT2D eigenvalue weighted by atomic mass is 19.1. The number of hydrogen-bond donors (Lipinski definition) is 3. The Morgan fingerprint density at radius 1 is 1.38 bits per heavy atom. The number of aromatic nitrogens is 7. The summed E-state index contributed by atoms with van der Waals surface area (Å²) in [5.41, 5.74) is 2.63. The van der Waals surface area contributed by atoms with Crippen LogP contribution in [0.15, 0.2) is 36.9 Å². The first-order valence-corrected chi connectivity index (χ1v) is 10.8. The Hall–Kier alpha value is -4.00. The molecule has 1 fully saturated rings. The van der Waals surface area contributed by atoms with Crippen LogP contribution in [-0.4, -0.2) is 65.4 Å². The minimum Gasteiger partial charge on any atom is -0.441 e. The zero-order valence-corrected chi connectivity index (χ0v) is 18.8. The lowest BCUT2D eigenvalue weighted by molar-refractivity contribution is 0.0615. The lowest BCUT2D eigenvalue weighted by atomic mass is 10.1. The monoisotopic (exact) mass is 469 g/mol. The first-order valence-electron chi connectivity index (χ1n) is 10.8. The van der Waals surface area contributed by atoms with Crippen LogP contribution >= 0.6 is 0 Å². The molecule has 1 saturated heterocycles. The van der Waals surface area contributed by atoms with Gasteiger partial charge >= 0.3 is 6.09 Å². The molecular formula is C21H24FN9O3. The van der Waals surface area contributed by atoms with E-state index < -0.39 is 24.5 Å². The SMILES string of the molecule is CC(C)NC(=O)O[C@H]1CO[C@@H](c2cc(Nc3nc(-c4cnn(C)c4)cc4nccn34)n[nH]2)[C@@H]1F. The van der Waals surface area contributed by atoms with Gasteiger partial charge in [0.15, 0.2) is 18.1 Å². The van der Waals surface area contributed by atoms with E-state index in [2.05, 4.69) is 35.9 Å². The van der Waals surface area contributed by atoms with Crippen LogP contribution in [0.2, 0.25) is 0 Å². The van der Waals surface area contributed by atoms with Crippen molar-refractivity contribution in [2.45, 2.75) is 38.3 Å². The first-order chi connectivity index (χ1) is 16.4. The lowest BCUT2D eigenvalue weighted by Crippen LogP contribution is -2.36. The molecule has 1 amide bonds. The normalized spacial score (nSPS) is 20.2. The molecule has 13 heteroatoms. The van der Waals surface area contributed by atoms with E-state index in [0.717, 1.165) is 5.56 Å². The smallest absolute Gasteiger partial charge is 0.407 e. The number of carbonyl (C=O) groups is 1. The summed E-state index contributed by atoms with van der Waals surface area (Å²) < 4.78 is 29.1. The number of H-pyrrole nitrogens is 1. The van der Waals surface area contributed by atoms with Gasteiger partial charge in [0, 0.05) is 49.4 Å². The van der Waals surface area contributed by atoms with Crippen molar-refractivity contribution in [2.24, 2.45) is 7.05 Å². The maximum atomic E-state index is 15.0. The molecule has 4 aromatic heterocycles. The van der Waals surface area contributed by atoms with Crippen molar-refractivity contribution >= 4 is 23.5 Å². The van der Waals surface area contributed by atoms with Crippen molar-refractivity contribution in [1.29, 1.82) is 0 Å². The molecule has 0 bridgehead atoms. The fourth-order valence-corrected chi connectivity index (χ4v) is 3.72. The molecule has 3 N–H and O–H groups in total. The Kier molecular flexibility index (Phi) is 5.61. The molecular weight excluding hydrogens is 445 g/mol. The summed E-state index contributed by atoms with van der Waals surface area (Å²) in [5, 5.41) is 16.9. The number of aromatic amines is 1. The van der Waals surface area contributed by atoms with Gasteiger partial charge in [-0.3, -0.25) is 14.2 Å². The van der Waals surface area contributed by atoms with Crippen LogP contribution in [-0.2, 0) is 16.5 Å². The van der Waals surface area contributed by atoms with Crippen molar-refractivity contribution in [1.82, 2.24) is 39.7 Å². The van der Waals surface area contributed by atoms with E-state index in [1.54, 1.807) is 47.6 Å². The van der Waals surface area contributed by atoms with Crippen molar-refractivity contribution in [3.05, 3.63) is 42.6 Å². The molecule has 0 aliphatic carbocycles. The summed E-state index contributed by atoms with van der Waals surface area (Å²) >= 11 is 0. The zero-order chi connectivity index (χ0) is 23.8. The van der Waals surface area contributed by atoms with Gasteiger partial charge in [-0.15, -0.1) is 0 Å². The second-order valence-electron chi connectivity index (χ2n) is 8.30. The Balaban J connectivity index is 1.33. The van der Waals surface area contributed by atoms with Crippen molar-refractivity contribution < 1.29 is 18.7 Å². The largest absolute Gasteiger partial charge is 0.441 e. The molecule has 3 atom stereocenters. The minimum absolute atomic E-state index is 0.0521. The van der Waals surface area contributed by atoms with Gasteiger partial charge in [-0.25, -0.2) is 19.2 Å². The van der Waals surface area contributed by atoms with Crippen LogP contribution in [0.25, 0.3) is 16.9 Å². The highest BCUT2D eigenvalue weighted by Crippen LogP contribution is 2.33. The van der Waals surface area contributed by atoms with E-state index >= 15 is 0 Å². The van der Waals surface area contributed by atoms with Gasteiger partial charge in [0.2, 0.25) is 5.95 Å². The standard InChI is InChI=1S/C21H24FN9O3/c1-11(2)25-21(32)34-15-10-33-19(18(15)22)14-6-16(29-28-14)27-20-26-13(12-8-24-30(3)9-12)7-17-23-4-5-31(17)20/h4-9,11,15,18-19H,10H2,1-3H3,(H,25,32)(H2,26,27,28,29)/t15-,18+,19-/m0/s1. The summed E-state index contributed by atoms with van der Waals surface area (Å²) in [5.74, 6) is 0.890. The number of nitrogens with one attached hydrogen (secondary N) is 3. The van der Waals surface area contributed by atoms with Crippen LogP contribution in [0.5, 0.6) is 0 Å². The van der Waals surface area contributed by atoms with Crippen molar-refractivity contribution in [3.8, 4) is 11.3 Å². The molecule has 0 spiro atoms. The van der Waals surface area contributed by atoms with Crippen molar-refractivity contribution in [2.75, 3.05) is 11.9 Å².